The Labute approximate surface area is 209 Å². The maximum atomic E-state index is 12.4. The van der Waals surface area contributed by atoms with Gasteiger partial charge in [0.1, 0.15) is 11.4 Å². The zero-order valence-corrected chi connectivity index (χ0v) is 20.9. The van der Waals surface area contributed by atoms with Crippen LogP contribution in [0.2, 0.25) is 5.02 Å². The van der Waals surface area contributed by atoms with Crippen molar-refractivity contribution >= 4 is 17.8 Å². The number of hydroxylamine groups is 2. The highest BCUT2D eigenvalue weighted by Gasteiger charge is 2.32. The average molecular weight is 497 g/mol. The van der Waals surface area contributed by atoms with E-state index >= 15 is 0 Å². The molecule has 1 aromatic carbocycles. The van der Waals surface area contributed by atoms with Crippen LogP contribution in [0.5, 0.6) is 0 Å². The molecule has 184 valence electrons. The highest BCUT2D eigenvalue weighted by atomic mass is 35.5. The molecule has 1 aliphatic heterocycles. The SMILES string of the molecule is CC(C)(C)OC(=O)ON1Cc2cc(Cl)ccc2-n2c(nnc2C2CCC(c3cnccn3)CC2)C1. The van der Waals surface area contributed by atoms with Crippen molar-refractivity contribution in [2.45, 2.75) is 77.0 Å². The standard InChI is InChI=1S/C25H29ClN6O3/c1-25(2,3)34-24(33)35-31-14-18-12-19(26)8-9-21(18)32-22(15-31)29-30-23(32)17-6-4-16(5-7-17)20-13-27-10-11-28-20/h8-13,16-17H,4-7,14-15H2,1-3H3. The number of benzene rings is 1. The molecule has 0 unspecified atom stereocenters. The monoisotopic (exact) mass is 496 g/mol. The third kappa shape index (κ3) is 5.31. The average Bonchev–Trinajstić information content (AvgIpc) is 3.15. The van der Waals surface area contributed by atoms with Gasteiger partial charge in [0, 0.05) is 35.4 Å². The number of carbonyl (C=O) groups excluding carboxylic acids is 1. The van der Waals surface area contributed by atoms with Crippen molar-refractivity contribution in [3.05, 3.63) is 64.7 Å². The van der Waals surface area contributed by atoms with Crippen LogP contribution in [0.1, 0.15) is 81.2 Å². The van der Waals surface area contributed by atoms with E-state index < -0.39 is 11.8 Å². The molecule has 0 bridgehead atoms. The van der Waals surface area contributed by atoms with Gasteiger partial charge in [-0.25, -0.2) is 4.79 Å². The van der Waals surface area contributed by atoms with Gasteiger partial charge in [-0.1, -0.05) is 11.6 Å². The zero-order chi connectivity index (χ0) is 24.6. The zero-order valence-electron chi connectivity index (χ0n) is 20.1. The third-order valence-electron chi connectivity index (χ3n) is 6.39. The molecule has 5 rings (SSSR count). The first-order valence-electron chi connectivity index (χ1n) is 11.9. The topological polar surface area (TPSA) is 95.3 Å². The lowest BCUT2D eigenvalue weighted by Crippen LogP contribution is -2.31. The Balaban J connectivity index is 1.41. The Bertz CT molecular complexity index is 1200. The summed E-state index contributed by atoms with van der Waals surface area (Å²) in [6, 6.07) is 5.74. The minimum atomic E-state index is -0.753. The van der Waals surface area contributed by atoms with Crippen molar-refractivity contribution in [3.63, 3.8) is 0 Å². The lowest BCUT2D eigenvalue weighted by atomic mass is 9.80. The van der Waals surface area contributed by atoms with Crippen LogP contribution in [0.4, 0.5) is 4.79 Å². The lowest BCUT2D eigenvalue weighted by Gasteiger charge is -2.28. The Hall–Kier alpha value is -3.04. The van der Waals surface area contributed by atoms with Crippen LogP contribution in [0.3, 0.4) is 0 Å². The molecule has 1 aliphatic carbocycles. The summed E-state index contributed by atoms with van der Waals surface area (Å²) in [7, 11) is 0. The first-order valence-corrected chi connectivity index (χ1v) is 12.3. The summed E-state index contributed by atoms with van der Waals surface area (Å²) in [5.41, 5.74) is 2.28. The van der Waals surface area contributed by atoms with Crippen LogP contribution in [-0.2, 0) is 22.7 Å². The van der Waals surface area contributed by atoms with Crippen LogP contribution in [-0.4, -0.2) is 41.6 Å². The molecule has 1 saturated carbocycles. The van der Waals surface area contributed by atoms with Gasteiger partial charge in [-0.05, 0) is 70.2 Å². The minimum Gasteiger partial charge on any atom is -0.427 e. The minimum absolute atomic E-state index is 0.269. The quantitative estimate of drug-likeness (QED) is 0.449. The molecule has 35 heavy (non-hydrogen) atoms. The van der Waals surface area contributed by atoms with Gasteiger partial charge >= 0.3 is 6.16 Å². The van der Waals surface area contributed by atoms with Crippen LogP contribution in [0.15, 0.2) is 36.8 Å². The summed E-state index contributed by atoms with van der Waals surface area (Å²) in [4.78, 5) is 26.6. The highest BCUT2D eigenvalue weighted by Crippen LogP contribution is 2.41. The largest absolute Gasteiger partial charge is 0.528 e. The van der Waals surface area contributed by atoms with E-state index in [4.69, 9.17) is 21.2 Å². The number of nitrogens with zero attached hydrogens (tertiary/aromatic N) is 6. The van der Waals surface area contributed by atoms with E-state index in [0.29, 0.717) is 23.3 Å². The number of ether oxygens (including phenoxy) is 1. The Morgan fingerprint density at radius 2 is 1.83 bits per heavy atom. The third-order valence-corrected chi connectivity index (χ3v) is 6.62. The van der Waals surface area contributed by atoms with Crippen molar-refractivity contribution in [2.24, 2.45) is 0 Å². The maximum Gasteiger partial charge on any atom is 0.528 e. The number of aromatic nitrogens is 5. The van der Waals surface area contributed by atoms with E-state index in [2.05, 4.69) is 24.7 Å². The van der Waals surface area contributed by atoms with Crippen LogP contribution in [0, 0.1) is 0 Å². The summed E-state index contributed by atoms with van der Waals surface area (Å²) >= 11 is 6.33. The summed E-state index contributed by atoms with van der Waals surface area (Å²) in [5, 5.41) is 11.3. The molecule has 9 nitrogen and oxygen atoms in total. The maximum absolute atomic E-state index is 12.4. The number of rotatable bonds is 3. The summed E-state index contributed by atoms with van der Waals surface area (Å²) < 4.78 is 7.46. The van der Waals surface area contributed by atoms with Gasteiger partial charge in [0.15, 0.2) is 5.82 Å². The van der Waals surface area contributed by atoms with Crippen LogP contribution >= 0.6 is 11.6 Å². The molecule has 2 aliphatic rings. The number of hydrogen-bond donors (Lipinski definition) is 0. The van der Waals surface area contributed by atoms with Crippen molar-refractivity contribution in [2.75, 3.05) is 0 Å². The van der Waals surface area contributed by atoms with E-state index in [9.17, 15) is 4.79 Å². The fraction of sp³-hybridized carbons (Fsp3) is 0.480. The summed E-state index contributed by atoms with van der Waals surface area (Å²) in [5.74, 6) is 2.32. The highest BCUT2D eigenvalue weighted by molar-refractivity contribution is 6.30. The molecule has 3 heterocycles. The Morgan fingerprint density at radius 1 is 1.06 bits per heavy atom. The van der Waals surface area contributed by atoms with Gasteiger partial charge in [-0.3, -0.25) is 14.5 Å². The molecule has 0 amide bonds. The number of fused-ring (bicyclic) bond motifs is 3. The van der Waals surface area contributed by atoms with E-state index in [-0.39, 0.29) is 12.5 Å². The smallest absolute Gasteiger partial charge is 0.427 e. The van der Waals surface area contributed by atoms with Crippen LogP contribution in [0.25, 0.3) is 5.69 Å². The molecule has 2 aromatic heterocycles. The first kappa shape index (κ1) is 23.7. The first-order chi connectivity index (χ1) is 16.8. The normalized spacial score (nSPS) is 20.5. The molecule has 0 saturated heterocycles. The van der Waals surface area contributed by atoms with Gasteiger partial charge in [0.05, 0.1) is 24.5 Å². The molecular weight excluding hydrogens is 468 g/mol. The van der Waals surface area contributed by atoms with Gasteiger partial charge in [-0.2, -0.15) is 0 Å². The molecule has 1 fully saturated rings. The van der Waals surface area contributed by atoms with Crippen LogP contribution < -0.4 is 0 Å². The number of carbonyl (C=O) groups is 1. The molecule has 0 radical (unpaired) electrons. The lowest BCUT2D eigenvalue weighted by molar-refractivity contribution is -0.155. The van der Waals surface area contributed by atoms with Gasteiger partial charge < -0.3 is 9.57 Å². The molecule has 0 atom stereocenters. The number of hydrogen-bond acceptors (Lipinski definition) is 8. The van der Waals surface area contributed by atoms with E-state index in [0.717, 1.165) is 48.5 Å². The Morgan fingerprint density at radius 3 is 2.54 bits per heavy atom. The molecular formula is C25H29ClN6O3. The van der Waals surface area contributed by atoms with Gasteiger partial charge in [0.25, 0.3) is 0 Å². The molecule has 0 spiro atoms. The fourth-order valence-corrected chi connectivity index (χ4v) is 5.06. The predicted molar refractivity (Wildman–Crippen MR) is 129 cm³/mol. The van der Waals surface area contributed by atoms with E-state index in [1.807, 2.05) is 24.4 Å². The van der Waals surface area contributed by atoms with E-state index in [1.165, 1.54) is 0 Å². The van der Waals surface area contributed by atoms with Crippen molar-refractivity contribution in [1.29, 1.82) is 0 Å². The molecule has 3 aromatic rings. The fourth-order valence-electron chi connectivity index (χ4n) is 4.87. The molecule has 0 N–H and O–H groups in total. The Kier molecular flexibility index (Phi) is 6.46. The second-order valence-electron chi connectivity index (χ2n) is 10.1. The van der Waals surface area contributed by atoms with Crippen molar-refractivity contribution in [3.8, 4) is 5.69 Å². The second-order valence-corrected chi connectivity index (χ2v) is 10.6. The molecule has 10 heteroatoms. The second kappa shape index (κ2) is 9.54. The van der Waals surface area contributed by atoms with E-state index in [1.54, 1.807) is 38.2 Å². The van der Waals surface area contributed by atoms with Crippen molar-refractivity contribution < 1.29 is 14.4 Å². The van der Waals surface area contributed by atoms with Crippen molar-refractivity contribution in [1.82, 2.24) is 29.8 Å². The summed E-state index contributed by atoms with van der Waals surface area (Å²) in [6.07, 6.45) is 8.60. The number of halogens is 1. The summed E-state index contributed by atoms with van der Waals surface area (Å²) in [6.45, 7) is 6.04. The van der Waals surface area contributed by atoms with Gasteiger partial charge in [-0.15, -0.1) is 15.3 Å². The van der Waals surface area contributed by atoms with Gasteiger partial charge in [0.2, 0.25) is 0 Å². The predicted octanol–water partition coefficient (Wildman–Crippen LogP) is 5.33.